The molecule has 2 nitrogen and oxygen atoms in total. The first-order valence-corrected chi connectivity index (χ1v) is 7.18. The van der Waals surface area contributed by atoms with Crippen molar-refractivity contribution in [1.82, 2.24) is 10.3 Å². The molecule has 0 unspecified atom stereocenters. The SMILES string of the molecule is c1csc([C@@H]2NCCc3c2[nH]c2ccccc32)c1. The van der Waals surface area contributed by atoms with Crippen molar-refractivity contribution in [2.45, 2.75) is 12.5 Å². The molecule has 0 radical (unpaired) electrons. The van der Waals surface area contributed by atoms with Gasteiger partial charge in [-0.2, -0.15) is 0 Å². The highest BCUT2D eigenvalue weighted by molar-refractivity contribution is 7.10. The Morgan fingerprint density at radius 1 is 1.11 bits per heavy atom. The number of aromatic nitrogens is 1. The van der Waals surface area contributed by atoms with Gasteiger partial charge in [0.25, 0.3) is 0 Å². The van der Waals surface area contributed by atoms with Crippen molar-refractivity contribution in [3.05, 3.63) is 57.9 Å². The molecule has 0 saturated carbocycles. The molecule has 18 heavy (non-hydrogen) atoms. The van der Waals surface area contributed by atoms with E-state index >= 15 is 0 Å². The summed E-state index contributed by atoms with van der Waals surface area (Å²) in [6.07, 6.45) is 1.11. The van der Waals surface area contributed by atoms with Crippen LogP contribution in [0, 0.1) is 0 Å². The Bertz CT molecular complexity index is 682. The molecule has 2 N–H and O–H groups in total. The number of nitrogens with one attached hydrogen (secondary N) is 2. The topological polar surface area (TPSA) is 27.8 Å². The van der Waals surface area contributed by atoms with Gasteiger partial charge in [-0.25, -0.2) is 0 Å². The van der Waals surface area contributed by atoms with Crippen molar-refractivity contribution >= 4 is 22.2 Å². The minimum Gasteiger partial charge on any atom is -0.357 e. The Balaban J connectivity index is 1.94. The third-order valence-electron chi connectivity index (χ3n) is 3.69. The summed E-state index contributed by atoms with van der Waals surface area (Å²) in [5, 5.41) is 7.15. The molecule has 0 saturated heterocycles. The Kier molecular flexibility index (Phi) is 2.28. The van der Waals surface area contributed by atoms with Gasteiger partial charge in [0, 0.05) is 28.0 Å². The molecule has 3 heterocycles. The molecule has 1 aromatic carbocycles. The van der Waals surface area contributed by atoms with Crippen LogP contribution in [0.3, 0.4) is 0 Å². The molecule has 3 heteroatoms. The van der Waals surface area contributed by atoms with Crippen LogP contribution >= 0.6 is 11.3 Å². The fourth-order valence-corrected chi connectivity index (χ4v) is 3.69. The van der Waals surface area contributed by atoms with Crippen molar-refractivity contribution in [3.63, 3.8) is 0 Å². The first-order chi connectivity index (χ1) is 8.93. The Morgan fingerprint density at radius 3 is 2.94 bits per heavy atom. The largest absolute Gasteiger partial charge is 0.357 e. The van der Waals surface area contributed by atoms with Gasteiger partial charge in [-0.3, -0.25) is 0 Å². The number of aromatic amines is 1. The zero-order valence-electron chi connectivity index (χ0n) is 9.94. The van der Waals surface area contributed by atoms with Crippen molar-refractivity contribution in [2.75, 3.05) is 6.54 Å². The van der Waals surface area contributed by atoms with Crippen LogP contribution in [0.4, 0.5) is 0 Å². The van der Waals surface area contributed by atoms with Crippen LogP contribution in [0.2, 0.25) is 0 Å². The van der Waals surface area contributed by atoms with E-state index in [-0.39, 0.29) is 0 Å². The van der Waals surface area contributed by atoms with E-state index in [1.807, 2.05) is 11.3 Å². The van der Waals surface area contributed by atoms with Crippen LogP contribution in [0.15, 0.2) is 41.8 Å². The number of para-hydroxylation sites is 1. The molecule has 0 fully saturated rings. The average molecular weight is 254 g/mol. The van der Waals surface area contributed by atoms with Crippen LogP contribution in [0.25, 0.3) is 10.9 Å². The molecule has 0 amide bonds. The lowest BCUT2D eigenvalue weighted by Gasteiger charge is -2.23. The highest BCUT2D eigenvalue weighted by Crippen LogP contribution is 2.34. The third-order valence-corrected chi connectivity index (χ3v) is 4.62. The zero-order valence-corrected chi connectivity index (χ0v) is 10.8. The normalized spacial score (nSPS) is 19.0. The van der Waals surface area contributed by atoms with Crippen LogP contribution < -0.4 is 5.32 Å². The van der Waals surface area contributed by atoms with Crippen LogP contribution in [-0.2, 0) is 6.42 Å². The van der Waals surface area contributed by atoms with E-state index in [4.69, 9.17) is 0 Å². The first kappa shape index (κ1) is 10.4. The van der Waals surface area contributed by atoms with Crippen LogP contribution in [0.5, 0.6) is 0 Å². The molecule has 0 aliphatic carbocycles. The summed E-state index contributed by atoms with van der Waals surface area (Å²) in [4.78, 5) is 4.99. The van der Waals surface area contributed by atoms with Gasteiger partial charge >= 0.3 is 0 Å². The quantitative estimate of drug-likeness (QED) is 0.684. The number of hydrogen-bond acceptors (Lipinski definition) is 2. The van der Waals surface area contributed by atoms with Crippen molar-refractivity contribution in [1.29, 1.82) is 0 Å². The molecule has 1 aliphatic rings. The average Bonchev–Trinajstić information content (AvgIpc) is 3.05. The molecule has 0 spiro atoms. The summed E-state index contributed by atoms with van der Waals surface area (Å²) in [7, 11) is 0. The fraction of sp³-hybridized carbons (Fsp3) is 0.200. The minimum atomic E-state index is 0.334. The van der Waals surface area contributed by atoms with E-state index in [9.17, 15) is 0 Å². The molecule has 3 aromatic rings. The van der Waals surface area contributed by atoms with Gasteiger partial charge in [0.15, 0.2) is 0 Å². The van der Waals surface area contributed by atoms with Crippen molar-refractivity contribution < 1.29 is 0 Å². The number of rotatable bonds is 1. The molecule has 90 valence electrons. The summed E-state index contributed by atoms with van der Waals surface area (Å²) in [6.45, 7) is 1.05. The number of thiophene rings is 1. The summed E-state index contributed by atoms with van der Waals surface area (Å²) >= 11 is 1.82. The number of benzene rings is 1. The predicted octanol–water partition coefficient (Wildman–Crippen LogP) is 3.46. The van der Waals surface area contributed by atoms with Gasteiger partial charge < -0.3 is 10.3 Å². The summed E-state index contributed by atoms with van der Waals surface area (Å²) < 4.78 is 0. The maximum Gasteiger partial charge on any atom is 0.0826 e. The minimum absolute atomic E-state index is 0.334. The molecule has 0 bridgehead atoms. The molecular weight excluding hydrogens is 240 g/mol. The zero-order chi connectivity index (χ0) is 11.9. The smallest absolute Gasteiger partial charge is 0.0826 e. The van der Waals surface area contributed by atoms with Crippen molar-refractivity contribution in [3.8, 4) is 0 Å². The highest BCUT2D eigenvalue weighted by atomic mass is 32.1. The highest BCUT2D eigenvalue weighted by Gasteiger charge is 2.25. The van der Waals surface area contributed by atoms with Gasteiger partial charge in [0.1, 0.15) is 0 Å². The standard InChI is InChI=1S/C15H14N2S/c1-2-5-12-10(4-1)11-7-8-16-15(14(11)17-12)13-6-3-9-18-13/h1-6,9,15-17H,7-8H2/t15-/m0/s1. The molecule has 2 aromatic heterocycles. The summed E-state index contributed by atoms with van der Waals surface area (Å²) in [5.74, 6) is 0. The molecule has 1 atom stereocenters. The van der Waals surface area contributed by atoms with Gasteiger partial charge in [0.05, 0.1) is 6.04 Å². The van der Waals surface area contributed by atoms with Gasteiger partial charge in [-0.15, -0.1) is 11.3 Å². The van der Waals surface area contributed by atoms with E-state index in [1.54, 1.807) is 0 Å². The Labute approximate surface area is 110 Å². The summed E-state index contributed by atoms with van der Waals surface area (Å²) in [5.41, 5.74) is 4.10. The van der Waals surface area contributed by atoms with E-state index in [1.165, 1.54) is 27.0 Å². The fourth-order valence-electron chi connectivity index (χ4n) is 2.88. The second-order valence-electron chi connectivity index (χ2n) is 4.72. The van der Waals surface area contributed by atoms with E-state index in [2.05, 4.69) is 52.1 Å². The maximum atomic E-state index is 3.62. The van der Waals surface area contributed by atoms with Gasteiger partial charge in [-0.05, 0) is 29.5 Å². The van der Waals surface area contributed by atoms with E-state index in [0.29, 0.717) is 6.04 Å². The first-order valence-electron chi connectivity index (χ1n) is 6.30. The molecular formula is C15H14N2S. The van der Waals surface area contributed by atoms with Crippen LogP contribution in [-0.4, -0.2) is 11.5 Å². The molecule has 1 aliphatic heterocycles. The third kappa shape index (κ3) is 1.44. The number of fused-ring (bicyclic) bond motifs is 3. The number of hydrogen-bond donors (Lipinski definition) is 2. The lowest BCUT2D eigenvalue weighted by atomic mass is 9.98. The monoisotopic (exact) mass is 254 g/mol. The number of H-pyrrole nitrogens is 1. The summed E-state index contributed by atoms with van der Waals surface area (Å²) in [6, 6.07) is 13.3. The predicted molar refractivity (Wildman–Crippen MR) is 76.2 cm³/mol. The van der Waals surface area contributed by atoms with E-state index < -0.39 is 0 Å². The van der Waals surface area contributed by atoms with Gasteiger partial charge in [0.2, 0.25) is 0 Å². The van der Waals surface area contributed by atoms with Gasteiger partial charge in [-0.1, -0.05) is 24.3 Å². The Hall–Kier alpha value is -1.58. The Morgan fingerprint density at radius 2 is 2.06 bits per heavy atom. The van der Waals surface area contributed by atoms with Crippen LogP contribution in [0.1, 0.15) is 22.2 Å². The maximum absolute atomic E-state index is 3.62. The molecule has 4 rings (SSSR count). The second kappa shape index (κ2) is 3.97. The second-order valence-corrected chi connectivity index (χ2v) is 5.69. The van der Waals surface area contributed by atoms with Crippen molar-refractivity contribution in [2.24, 2.45) is 0 Å². The lowest BCUT2D eigenvalue weighted by molar-refractivity contribution is 0.567. The lowest BCUT2D eigenvalue weighted by Crippen LogP contribution is -2.29. The van der Waals surface area contributed by atoms with E-state index in [0.717, 1.165) is 13.0 Å².